The van der Waals surface area contributed by atoms with Crippen molar-refractivity contribution in [1.29, 1.82) is 5.26 Å². The minimum atomic E-state index is 0.827. The summed E-state index contributed by atoms with van der Waals surface area (Å²) >= 11 is 0. The third-order valence-electron chi connectivity index (χ3n) is 1.83. The van der Waals surface area contributed by atoms with Crippen LogP contribution in [-0.4, -0.2) is 7.11 Å². The van der Waals surface area contributed by atoms with Crippen LogP contribution < -0.4 is 4.74 Å². The molecule has 2 nitrogen and oxygen atoms in total. The molecule has 0 fully saturated rings. The molecule has 66 valence electrons. The van der Waals surface area contributed by atoms with Gasteiger partial charge in [-0.25, -0.2) is 0 Å². The van der Waals surface area contributed by atoms with Crippen LogP contribution in [0.3, 0.4) is 0 Å². The van der Waals surface area contributed by atoms with Gasteiger partial charge in [-0.15, -0.1) is 0 Å². The predicted octanol–water partition coefficient (Wildman–Crippen LogP) is 2.62. The van der Waals surface area contributed by atoms with E-state index in [0.29, 0.717) is 0 Å². The van der Waals surface area contributed by atoms with Crippen LogP contribution in [0.25, 0.3) is 5.57 Å². The quantitative estimate of drug-likeness (QED) is 0.644. The molecule has 0 aromatic heterocycles. The highest BCUT2D eigenvalue weighted by molar-refractivity contribution is 5.66. The zero-order valence-electron chi connectivity index (χ0n) is 7.74. The van der Waals surface area contributed by atoms with Gasteiger partial charge in [0.1, 0.15) is 5.75 Å². The van der Waals surface area contributed by atoms with E-state index in [1.165, 1.54) is 6.08 Å². The van der Waals surface area contributed by atoms with Gasteiger partial charge < -0.3 is 4.74 Å². The number of allylic oxidation sites excluding steroid dienone is 2. The Bertz CT molecular complexity index is 343. The van der Waals surface area contributed by atoms with E-state index >= 15 is 0 Å². The Morgan fingerprint density at radius 3 is 2.46 bits per heavy atom. The molecule has 0 heterocycles. The number of ether oxygens (including phenoxy) is 1. The van der Waals surface area contributed by atoms with Crippen molar-refractivity contribution in [2.24, 2.45) is 0 Å². The fourth-order valence-electron chi connectivity index (χ4n) is 1.03. The summed E-state index contributed by atoms with van der Waals surface area (Å²) in [7, 11) is 1.63. The lowest BCUT2D eigenvalue weighted by molar-refractivity contribution is 0.415. The molecule has 0 unspecified atom stereocenters. The zero-order chi connectivity index (χ0) is 9.68. The predicted molar refractivity (Wildman–Crippen MR) is 52.3 cm³/mol. The normalized spacial score (nSPS) is 10.7. The number of hydrogen-bond donors (Lipinski definition) is 0. The van der Waals surface area contributed by atoms with Crippen LogP contribution in [0.1, 0.15) is 12.5 Å². The Balaban J connectivity index is 2.94. The lowest BCUT2D eigenvalue weighted by atomic mass is 10.1. The van der Waals surface area contributed by atoms with Crippen LogP contribution >= 0.6 is 0 Å². The van der Waals surface area contributed by atoms with Crippen molar-refractivity contribution in [3.05, 3.63) is 35.9 Å². The first-order valence-corrected chi connectivity index (χ1v) is 3.98. The average molecular weight is 173 g/mol. The van der Waals surface area contributed by atoms with Gasteiger partial charge in [0, 0.05) is 6.08 Å². The number of nitriles is 1. The van der Waals surface area contributed by atoms with Crippen LogP contribution in [-0.2, 0) is 0 Å². The second-order valence-corrected chi connectivity index (χ2v) is 2.68. The van der Waals surface area contributed by atoms with Crippen LogP contribution in [0.5, 0.6) is 5.75 Å². The van der Waals surface area contributed by atoms with Crippen molar-refractivity contribution >= 4 is 5.57 Å². The van der Waals surface area contributed by atoms with Gasteiger partial charge in [-0.3, -0.25) is 0 Å². The van der Waals surface area contributed by atoms with Crippen molar-refractivity contribution in [3.8, 4) is 11.8 Å². The SMILES string of the molecule is COc1ccc(/C(C)=C\C#N)cc1. The number of hydrogen-bond acceptors (Lipinski definition) is 2. The fraction of sp³-hybridized carbons (Fsp3) is 0.182. The lowest BCUT2D eigenvalue weighted by Crippen LogP contribution is -1.83. The second-order valence-electron chi connectivity index (χ2n) is 2.68. The van der Waals surface area contributed by atoms with Crippen molar-refractivity contribution in [1.82, 2.24) is 0 Å². The molecule has 0 atom stereocenters. The van der Waals surface area contributed by atoms with Crippen molar-refractivity contribution in [2.45, 2.75) is 6.92 Å². The van der Waals surface area contributed by atoms with Gasteiger partial charge >= 0.3 is 0 Å². The monoisotopic (exact) mass is 173 g/mol. The number of benzene rings is 1. The second kappa shape index (κ2) is 4.32. The summed E-state index contributed by atoms with van der Waals surface area (Å²) < 4.78 is 5.02. The highest BCUT2D eigenvalue weighted by Crippen LogP contribution is 2.17. The first-order chi connectivity index (χ1) is 6.27. The summed E-state index contributed by atoms with van der Waals surface area (Å²) in [5.74, 6) is 0.827. The van der Waals surface area contributed by atoms with Gasteiger partial charge in [-0.2, -0.15) is 5.26 Å². The minimum Gasteiger partial charge on any atom is -0.497 e. The molecule has 0 aliphatic heterocycles. The van der Waals surface area contributed by atoms with E-state index in [9.17, 15) is 0 Å². The third kappa shape index (κ3) is 2.34. The highest BCUT2D eigenvalue weighted by atomic mass is 16.5. The van der Waals surface area contributed by atoms with E-state index in [-0.39, 0.29) is 0 Å². The standard InChI is InChI=1S/C11H11NO/c1-9(7-8-12)10-3-5-11(13-2)6-4-10/h3-7H,1-2H3/b9-7-. The molecule has 2 heteroatoms. The molecule has 1 rings (SSSR count). The molecule has 0 spiro atoms. The van der Waals surface area contributed by atoms with Crippen LogP contribution in [0.2, 0.25) is 0 Å². The number of methoxy groups -OCH3 is 1. The molecule has 13 heavy (non-hydrogen) atoms. The van der Waals surface area contributed by atoms with Crippen LogP contribution in [0.15, 0.2) is 30.3 Å². The Labute approximate surface area is 78.1 Å². The van der Waals surface area contributed by atoms with Crippen molar-refractivity contribution in [2.75, 3.05) is 7.11 Å². The summed E-state index contributed by atoms with van der Waals surface area (Å²) in [6, 6.07) is 9.62. The molecule has 0 amide bonds. The minimum absolute atomic E-state index is 0.827. The maximum absolute atomic E-state index is 8.45. The average Bonchev–Trinajstić information content (AvgIpc) is 2.18. The van der Waals surface area contributed by atoms with Gasteiger partial charge in [0.05, 0.1) is 13.2 Å². The number of nitrogens with zero attached hydrogens (tertiary/aromatic N) is 1. The molecular weight excluding hydrogens is 162 g/mol. The zero-order valence-corrected chi connectivity index (χ0v) is 7.74. The fourth-order valence-corrected chi connectivity index (χ4v) is 1.03. The summed E-state index contributed by atoms with van der Waals surface area (Å²) in [4.78, 5) is 0. The van der Waals surface area contributed by atoms with Gasteiger partial charge in [0.2, 0.25) is 0 Å². The molecule has 0 radical (unpaired) electrons. The summed E-state index contributed by atoms with van der Waals surface area (Å²) in [6.07, 6.45) is 1.53. The molecule has 1 aromatic rings. The topological polar surface area (TPSA) is 33.0 Å². The Kier molecular flexibility index (Phi) is 3.10. The number of rotatable bonds is 2. The van der Waals surface area contributed by atoms with E-state index in [0.717, 1.165) is 16.9 Å². The van der Waals surface area contributed by atoms with E-state index < -0.39 is 0 Å². The Morgan fingerprint density at radius 1 is 1.38 bits per heavy atom. The molecule has 0 N–H and O–H groups in total. The van der Waals surface area contributed by atoms with E-state index in [1.54, 1.807) is 7.11 Å². The summed E-state index contributed by atoms with van der Waals surface area (Å²) in [6.45, 7) is 1.91. The maximum Gasteiger partial charge on any atom is 0.118 e. The first kappa shape index (κ1) is 9.34. The molecular formula is C11H11NO. The van der Waals surface area contributed by atoms with Crippen LogP contribution in [0.4, 0.5) is 0 Å². The largest absolute Gasteiger partial charge is 0.497 e. The van der Waals surface area contributed by atoms with Crippen molar-refractivity contribution < 1.29 is 4.74 Å². The molecule has 0 aliphatic rings. The van der Waals surface area contributed by atoms with Crippen molar-refractivity contribution in [3.63, 3.8) is 0 Å². The van der Waals surface area contributed by atoms with E-state index in [4.69, 9.17) is 10.00 Å². The molecule has 0 saturated heterocycles. The Hall–Kier alpha value is -1.75. The first-order valence-electron chi connectivity index (χ1n) is 3.98. The van der Waals surface area contributed by atoms with Gasteiger partial charge in [-0.1, -0.05) is 12.1 Å². The third-order valence-corrected chi connectivity index (χ3v) is 1.83. The Morgan fingerprint density at radius 2 is 2.00 bits per heavy atom. The smallest absolute Gasteiger partial charge is 0.118 e. The van der Waals surface area contributed by atoms with Gasteiger partial charge in [0.25, 0.3) is 0 Å². The molecule has 0 bridgehead atoms. The molecule has 1 aromatic carbocycles. The summed E-state index contributed by atoms with van der Waals surface area (Å²) in [5.41, 5.74) is 2.01. The highest BCUT2D eigenvalue weighted by Gasteiger charge is 1.95. The van der Waals surface area contributed by atoms with Crippen LogP contribution in [0, 0.1) is 11.3 Å². The molecule has 0 aliphatic carbocycles. The van der Waals surface area contributed by atoms with E-state index in [1.807, 2.05) is 37.3 Å². The lowest BCUT2D eigenvalue weighted by Gasteiger charge is -2.01. The van der Waals surface area contributed by atoms with E-state index in [2.05, 4.69) is 0 Å². The van der Waals surface area contributed by atoms with Gasteiger partial charge in [-0.05, 0) is 30.2 Å². The maximum atomic E-state index is 8.45. The van der Waals surface area contributed by atoms with Gasteiger partial charge in [0.15, 0.2) is 0 Å². The molecule has 0 saturated carbocycles. The summed E-state index contributed by atoms with van der Waals surface area (Å²) in [5, 5.41) is 8.45.